The SMILES string of the molecule is C1=C(c2c[n+](Cc3ccccc3)ccn2)CCCC1. The molecule has 96 valence electrons. The molecule has 0 N–H and O–H groups in total. The number of allylic oxidation sites excluding steroid dienone is 2. The van der Waals surface area contributed by atoms with Crippen molar-refractivity contribution in [3.63, 3.8) is 0 Å². The lowest BCUT2D eigenvalue weighted by molar-refractivity contribution is -0.689. The Kier molecular flexibility index (Phi) is 3.68. The summed E-state index contributed by atoms with van der Waals surface area (Å²) in [6, 6.07) is 10.5. The minimum Gasteiger partial charge on any atom is -0.244 e. The highest BCUT2D eigenvalue weighted by Crippen LogP contribution is 2.24. The second-order valence-electron chi connectivity index (χ2n) is 5.07. The van der Waals surface area contributed by atoms with Gasteiger partial charge in [-0.15, -0.1) is 0 Å². The van der Waals surface area contributed by atoms with E-state index in [0.29, 0.717) is 0 Å². The Balaban J connectivity index is 1.82. The average molecular weight is 251 g/mol. The first-order valence-corrected chi connectivity index (χ1v) is 7.00. The maximum Gasteiger partial charge on any atom is 0.195 e. The zero-order valence-electron chi connectivity index (χ0n) is 11.1. The molecule has 2 heteroatoms. The van der Waals surface area contributed by atoms with Crippen LogP contribution in [0.1, 0.15) is 36.9 Å². The molecule has 1 aliphatic carbocycles. The van der Waals surface area contributed by atoms with E-state index in [2.05, 4.69) is 52.2 Å². The van der Waals surface area contributed by atoms with Gasteiger partial charge in [-0.25, -0.2) is 4.98 Å². The molecule has 0 atom stereocenters. The largest absolute Gasteiger partial charge is 0.244 e. The van der Waals surface area contributed by atoms with Crippen molar-refractivity contribution in [1.29, 1.82) is 0 Å². The van der Waals surface area contributed by atoms with Crippen LogP contribution >= 0.6 is 0 Å². The van der Waals surface area contributed by atoms with Crippen LogP contribution < -0.4 is 4.57 Å². The molecule has 0 amide bonds. The van der Waals surface area contributed by atoms with E-state index in [9.17, 15) is 0 Å². The van der Waals surface area contributed by atoms with Crippen molar-refractivity contribution < 1.29 is 4.57 Å². The van der Waals surface area contributed by atoms with Crippen LogP contribution in [0.3, 0.4) is 0 Å². The van der Waals surface area contributed by atoms with Crippen LogP contribution in [0.4, 0.5) is 0 Å². The van der Waals surface area contributed by atoms with Gasteiger partial charge in [0.1, 0.15) is 5.69 Å². The van der Waals surface area contributed by atoms with Crippen molar-refractivity contribution in [2.24, 2.45) is 0 Å². The van der Waals surface area contributed by atoms with Crippen molar-refractivity contribution in [1.82, 2.24) is 4.98 Å². The maximum absolute atomic E-state index is 4.52. The molecule has 0 bridgehead atoms. The molecule has 2 nitrogen and oxygen atoms in total. The fourth-order valence-corrected chi connectivity index (χ4v) is 2.56. The Morgan fingerprint density at radius 1 is 1.11 bits per heavy atom. The highest BCUT2D eigenvalue weighted by atomic mass is 15.0. The molecule has 19 heavy (non-hydrogen) atoms. The molecule has 0 fully saturated rings. The van der Waals surface area contributed by atoms with E-state index in [-0.39, 0.29) is 0 Å². The molecule has 0 saturated heterocycles. The predicted molar refractivity (Wildman–Crippen MR) is 76.4 cm³/mol. The Hall–Kier alpha value is -1.96. The molecule has 3 rings (SSSR count). The average Bonchev–Trinajstić information content (AvgIpc) is 2.49. The van der Waals surface area contributed by atoms with Gasteiger partial charge >= 0.3 is 0 Å². The Morgan fingerprint density at radius 3 is 2.79 bits per heavy atom. The van der Waals surface area contributed by atoms with Gasteiger partial charge in [0, 0.05) is 5.56 Å². The fourth-order valence-electron chi connectivity index (χ4n) is 2.56. The van der Waals surface area contributed by atoms with Crippen molar-refractivity contribution in [2.45, 2.75) is 32.2 Å². The van der Waals surface area contributed by atoms with Gasteiger partial charge < -0.3 is 0 Å². The van der Waals surface area contributed by atoms with Crippen LogP contribution in [0.25, 0.3) is 5.57 Å². The van der Waals surface area contributed by atoms with E-state index in [1.807, 2.05) is 12.4 Å². The minimum absolute atomic E-state index is 0.906. The van der Waals surface area contributed by atoms with E-state index in [1.165, 1.54) is 36.8 Å². The summed E-state index contributed by atoms with van der Waals surface area (Å²) in [5.74, 6) is 0. The number of nitrogens with zero attached hydrogens (tertiary/aromatic N) is 2. The summed E-state index contributed by atoms with van der Waals surface area (Å²) in [6.07, 6.45) is 13.4. The molecule has 0 aliphatic heterocycles. The normalized spacial score (nSPS) is 15.1. The summed E-state index contributed by atoms with van der Waals surface area (Å²) < 4.78 is 2.22. The third-order valence-electron chi connectivity index (χ3n) is 3.59. The van der Waals surface area contributed by atoms with Crippen molar-refractivity contribution in [2.75, 3.05) is 0 Å². The smallest absolute Gasteiger partial charge is 0.195 e. The second-order valence-corrected chi connectivity index (χ2v) is 5.07. The van der Waals surface area contributed by atoms with Crippen molar-refractivity contribution in [3.05, 3.63) is 66.3 Å². The number of hydrogen-bond donors (Lipinski definition) is 0. The summed E-state index contributed by atoms with van der Waals surface area (Å²) in [7, 11) is 0. The minimum atomic E-state index is 0.906. The van der Waals surface area contributed by atoms with Crippen LogP contribution in [0.15, 0.2) is 55.0 Å². The predicted octanol–water partition coefficient (Wildman–Crippen LogP) is 3.37. The van der Waals surface area contributed by atoms with Crippen LogP contribution in [0, 0.1) is 0 Å². The number of benzene rings is 1. The molecular formula is C17H19N2+. The monoisotopic (exact) mass is 251 g/mol. The molecule has 1 aromatic carbocycles. The topological polar surface area (TPSA) is 16.8 Å². The van der Waals surface area contributed by atoms with Crippen LogP contribution in [0.5, 0.6) is 0 Å². The molecule has 0 unspecified atom stereocenters. The number of aromatic nitrogens is 2. The van der Waals surface area contributed by atoms with E-state index < -0.39 is 0 Å². The van der Waals surface area contributed by atoms with E-state index >= 15 is 0 Å². The summed E-state index contributed by atoms with van der Waals surface area (Å²) in [5, 5.41) is 0. The van der Waals surface area contributed by atoms with Gasteiger partial charge in [-0.3, -0.25) is 0 Å². The zero-order valence-corrected chi connectivity index (χ0v) is 11.1. The lowest BCUT2D eigenvalue weighted by atomic mass is 9.97. The van der Waals surface area contributed by atoms with E-state index in [0.717, 1.165) is 12.2 Å². The first kappa shape index (κ1) is 12.1. The van der Waals surface area contributed by atoms with Crippen LogP contribution in [0.2, 0.25) is 0 Å². The Morgan fingerprint density at radius 2 is 2.00 bits per heavy atom. The molecule has 1 aliphatic rings. The molecule has 1 heterocycles. The Bertz CT molecular complexity index is 573. The standard InChI is InChI=1S/C17H19N2/c1-3-7-15(8-4-1)13-19-12-11-18-17(14-19)16-9-5-2-6-10-16/h1,3-4,7-9,11-12,14H,2,5-6,10,13H2/q+1. The number of rotatable bonds is 3. The second kappa shape index (κ2) is 5.79. The first-order chi connectivity index (χ1) is 9.42. The van der Waals surface area contributed by atoms with Gasteiger partial charge in [-0.05, 0) is 31.3 Å². The molecule has 0 saturated carbocycles. The van der Waals surface area contributed by atoms with E-state index in [4.69, 9.17) is 0 Å². The van der Waals surface area contributed by atoms with Crippen molar-refractivity contribution >= 4 is 5.57 Å². The lowest BCUT2D eigenvalue weighted by Crippen LogP contribution is -2.34. The zero-order chi connectivity index (χ0) is 12.9. The number of hydrogen-bond acceptors (Lipinski definition) is 1. The van der Waals surface area contributed by atoms with Gasteiger partial charge in [0.15, 0.2) is 18.9 Å². The third-order valence-corrected chi connectivity index (χ3v) is 3.59. The van der Waals surface area contributed by atoms with Gasteiger partial charge in [0.05, 0.1) is 6.20 Å². The third kappa shape index (κ3) is 3.08. The molecule has 0 spiro atoms. The van der Waals surface area contributed by atoms with Crippen LogP contribution in [-0.4, -0.2) is 4.98 Å². The molecular weight excluding hydrogens is 232 g/mol. The Labute approximate surface area is 114 Å². The maximum atomic E-state index is 4.52. The summed E-state index contributed by atoms with van der Waals surface area (Å²) in [4.78, 5) is 4.52. The van der Waals surface area contributed by atoms with Gasteiger partial charge in [0.2, 0.25) is 0 Å². The first-order valence-electron chi connectivity index (χ1n) is 7.00. The lowest BCUT2D eigenvalue weighted by Gasteiger charge is -2.10. The highest BCUT2D eigenvalue weighted by Gasteiger charge is 2.11. The summed E-state index contributed by atoms with van der Waals surface area (Å²) in [5.41, 5.74) is 3.87. The van der Waals surface area contributed by atoms with Gasteiger partial charge in [0.25, 0.3) is 0 Å². The molecule has 2 aromatic rings. The van der Waals surface area contributed by atoms with Gasteiger partial charge in [-0.2, -0.15) is 4.57 Å². The summed E-state index contributed by atoms with van der Waals surface area (Å²) >= 11 is 0. The quantitative estimate of drug-likeness (QED) is 0.764. The molecule has 1 aromatic heterocycles. The summed E-state index contributed by atoms with van der Waals surface area (Å²) in [6.45, 7) is 0.906. The van der Waals surface area contributed by atoms with Crippen LogP contribution in [-0.2, 0) is 6.54 Å². The highest BCUT2D eigenvalue weighted by molar-refractivity contribution is 5.61. The van der Waals surface area contributed by atoms with Crippen molar-refractivity contribution in [3.8, 4) is 0 Å². The molecule has 0 radical (unpaired) electrons. The van der Waals surface area contributed by atoms with Gasteiger partial charge in [-0.1, -0.05) is 36.4 Å². The van der Waals surface area contributed by atoms with E-state index in [1.54, 1.807) is 0 Å². The fraction of sp³-hybridized carbons (Fsp3) is 0.294.